The summed E-state index contributed by atoms with van der Waals surface area (Å²) in [5.74, 6) is 0.225. The molecule has 1 saturated heterocycles. The summed E-state index contributed by atoms with van der Waals surface area (Å²) in [6.45, 7) is 8.59. The van der Waals surface area contributed by atoms with Crippen LogP contribution in [-0.2, 0) is 24.1 Å². The first-order valence-electron chi connectivity index (χ1n) is 11.5. The Morgan fingerprint density at radius 2 is 1.78 bits per heavy atom. The van der Waals surface area contributed by atoms with Gasteiger partial charge in [-0.2, -0.15) is 5.26 Å². The summed E-state index contributed by atoms with van der Waals surface area (Å²) in [6.07, 6.45) is 2.56. The Labute approximate surface area is 192 Å². The van der Waals surface area contributed by atoms with Crippen LogP contribution in [0.2, 0.25) is 0 Å². The van der Waals surface area contributed by atoms with Gasteiger partial charge in [-0.1, -0.05) is 54.6 Å². The molecule has 0 saturated carbocycles. The summed E-state index contributed by atoms with van der Waals surface area (Å²) >= 11 is 0. The lowest BCUT2D eigenvalue weighted by atomic mass is 9.88. The predicted molar refractivity (Wildman–Crippen MR) is 127 cm³/mol. The quantitative estimate of drug-likeness (QED) is 0.660. The maximum atomic E-state index is 12.5. The minimum atomic E-state index is -0.337. The third-order valence-electron chi connectivity index (χ3n) is 5.78. The van der Waals surface area contributed by atoms with Crippen LogP contribution in [0.15, 0.2) is 54.6 Å². The Morgan fingerprint density at radius 3 is 2.44 bits per heavy atom. The zero-order valence-electron chi connectivity index (χ0n) is 19.5. The SMILES string of the molecule is CC(C)(C)NC(=O)OC1CCN(Cc2ccccc2)CC1Cc1ccc(CCC#N)cc1. The number of likely N-dealkylation sites (tertiary alicyclic amines) is 1. The van der Waals surface area contributed by atoms with Crippen molar-refractivity contribution in [1.29, 1.82) is 5.26 Å². The Balaban J connectivity index is 1.68. The molecule has 0 spiro atoms. The number of hydrogen-bond acceptors (Lipinski definition) is 4. The molecule has 5 nitrogen and oxygen atoms in total. The number of rotatable bonds is 7. The van der Waals surface area contributed by atoms with Gasteiger partial charge in [0.15, 0.2) is 0 Å². The number of carbonyl (C=O) groups excluding carboxylic acids is 1. The van der Waals surface area contributed by atoms with Crippen molar-refractivity contribution < 1.29 is 9.53 Å². The Morgan fingerprint density at radius 1 is 1.09 bits per heavy atom. The van der Waals surface area contributed by atoms with Crippen molar-refractivity contribution in [1.82, 2.24) is 10.2 Å². The number of aryl methyl sites for hydroxylation is 1. The first-order valence-corrected chi connectivity index (χ1v) is 11.5. The molecule has 0 radical (unpaired) electrons. The van der Waals surface area contributed by atoms with Gasteiger partial charge < -0.3 is 10.1 Å². The molecule has 0 aromatic heterocycles. The van der Waals surface area contributed by atoms with Crippen LogP contribution in [0.25, 0.3) is 0 Å². The zero-order valence-corrected chi connectivity index (χ0v) is 19.5. The van der Waals surface area contributed by atoms with Gasteiger partial charge in [-0.3, -0.25) is 4.90 Å². The van der Waals surface area contributed by atoms with E-state index in [4.69, 9.17) is 10.00 Å². The third-order valence-corrected chi connectivity index (χ3v) is 5.78. The fraction of sp³-hybridized carbons (Fsp3) is 0.481. The fourth-order valence-electron chi connectivity index (χ4n) is 4.24. The van der Waals surface area contributed by atoms with Gasteiger partial charge in [0.2, 0.25) is 0 Å². The minimum absolute atomic E-state index is 0.109. The summed E-state index contributed by atoms with van der Waals surface area (Å²) in [7, 11) is 0. The molecule has 0 bridgehead atoms. The van der Waals surface area contributed by atoms with Crippen molar-refractivity contribution in [2.75, 3.05) is 13.1 Å². The van der Waals surface area contributed by atoms with Crippen molar-refractivity contribution in [3.05, 3.63) is 71.3 Å². The minimum Gasteiger partial charge on any atom is -0.446 e. The second-order valence-corrected chi connectivity index (χ2v) is 9.77. The number of ether oxygens (including phenoxy) is 1. The van der Waals surface area contributed by atoms with Gasteiger partial charge in [-0.05, 0) is 56.7 Å². The summed E-state index contributed by atoms with van der Waals surface area (Å²) in [6, 6.07) is 21.2. The topological polar surface area (TPSA) is 65.4 Å². The van der Waals surface area contributed by atoms with E-state index in [0.29, 0.717) is 6.42 Å². The van der Waals surface area contributed by atoms with E-state index >= 15 is 0 Å². The summed E-state index contributed by atoms with van der Waals surface area (Å²) in [4.78, 5) is 14.9. The number of amides is 1. The van der Waals surface area contributed by atoms with E-state index in [2.05, 4.69) is 64.8 Å². The molecule has 1 N–H and O–H groups in total. The largest absolute Gasteiger partial charge is 0.446 e. The lowest BCUT2D eigenvalue weighted by Crippen LogP contribution is -2.48. The summed E-state index contributed by atoms with van der Waals surface area (Å²) < 4.78 is 5.91. The Kier molecular flexibility index (Phi) is 8.30. The van der Waals surface area contributed by atoms with E-state index in [-0.39, 0.29) is 23.7 Å². The van der Waals surface area contributed by atoms with Crippen LogP contribution in [0.4, 0.5) is 4.79 Å². The van der Waals surface area contributed by atoms with Gasteiger partial charge >= 0.3 is 6.09 Å². The maximum Gasteiger partial charge on any atom is 0.407 e. The number of hydrogen-bond donors (Lipinski definition) is 1. The summed E-state index contributed by atoms with van der Waals surface area (Å²) in [5.41, 5.74) is 3.40. The van der Waals surface area contributed by atoms with E-state index in [0.717, 1.165) is 38.9 Å². The van der Waals surface area contributed by atoms with E-state index in [1.165, 1.54) is 16.7 Å². The van der Waals surface area contributed by atoms with Gasteiger partial charge in [0.05, 0.1) is 6.07 Å². The molecule has 32 heavy (non-hydrogen) atoms. The van der Waals surface area contributed by atoms with E-state index < -0.39 is 0 Å². The molecule has 2 atom stereocenters. The number of nitrogens with zero attached hydrogens (tertiary/aromatic N) is 2. The maximum absolute atomic E-state index is 12.5. The molecule has 3 rings (SSSR count). The highest BCUT2D eigenvalue weighted by atomic mass is 16.6. The zero-order chi connectivity index (χ0) is 23.0. The van der Waals surface area contributed by atoms with Crippen molar-refractivity contribution in [3.8, 4) is 6.07 Å². The molecule has 5 heteroatoms. The van der Waals surface area contributed by atoms with E-state index in [9.17, 15) is 4.79 Å². The molecule has 1 amide bonds. The highest BCUT2D eigenvalue weighted by molar-refractivity contribution is 5.68. The standard InChI is InChI=1S/C27H35N3O2/c1-27(2,3)29-26(31)32-25-15-17-30(19-23-8-5-4-6-9-23)20-24(25)18-22-13-11-21(12-14-22)10-7-16-28/h4-6,8-9,11-14,24-25H,7,10,15,17-20H2,1-3H3,(H,29,31). The Hall–Kier alpha value is -2.84. The van der Waals surface area contributed by atoms with Gasteiger partial charge in [-0.25, -0.2) is 4.79 Å². The van der Waals surface area contributed by atoms with Gasteiger partial charge in [0.25, 0.3) is 0 Å². The smallest absolute Gasteiger partial charge is 0.407 e. The van der Waals surface area contributed by atoms with Crippen molar-refractivity contribution in [2.24, 2.45) is 5.92 Å². The second kappa shape index (κ2) is 11.2. The highest BCUT2D eigenvalue weighted by Gasteiger charge is 2.32. The first-order chi connectivity index (χ1) is 15.3. The van der Waals surface area contributed by atoms with Gasteiger partial charge in [0, 0.05) is 37.5 Å². The fourth-order valence-corrected chi connectivity index (χ4v) is 4.24. The van der Waals surface area contributed by atoms with Crippen LogP contribution < -0.4 is 5.32 Å². The molecule has 1 aliphatic heterocycles. The Bertz CT molecular complexity index is 897. The second-order valence-electron chi connectivity index (χ2n) is 9.77. The molecule has 1 heterocycles. The molecule has 170 valence electrons. The van der Waals surface area contributed by atoms with Crippen LogP contribution in [-0.4, -0.2) is 35.7 Å². The molecular weight excluding hydrogens is 398 g/mol. The van der Waals surface area contributed by atoms with Gasteiger partial charge in [0.1, 0.15) is 6.10 Å². The lowest BCUT2D eigenvalue weighted by Gasteiger charge is -2.38. The average molecular weight is 434 g/mol. The van der Waals surface area contributed by atoms with E-state index in [1.807, 2.05) is 26.8 Å². The van der Waals surface area contributed by atoms with Crippen LogP contribution in [0.1, 0.15) is 50.3 Å². The molecule has 1 fully saturated rings. The van der Waals surface area contributed by atoms with Crippen molar-refractivity contribution in [3.63, 3.8) is 0 Å². The molecule has 2 aromatic rings. The van der Waals surface area contributed by atoms with Crippen LogP contribution in [0.5, 0.6) is 0 Å². The first kappa shape index (κ1) is 23.8. The predicted octanol–water partition coefficient (Wildman–Crippen LogP) is 5.10. The summed E-state index contributed by atoms with van der Waals surface area (Å²) in [5, 5.41) is 11.7. The molecule has 1 aliphatic rings. The molecule has 2 aromatic carbocycles. The van der Waals surface area contributed by atoms with E-state index in [1.54, 1.807) is 0 Å². The van der Waals surface area contributed by atoms with Crippen molar-refractivity contribution >= 4 is 6.09 Å². The molecule has 2 unspecified atom stereocenters. The van der Waals surface area contributed by atoms with Crippen molar-refractivity contribution in [2.45, 2.75) is 64.6 Å². The van der Waals surface area contributed by atoms with Crippen LogP contribution >= 0.6 is 0 Å². The number of carbonyl (C=O) groups is 1. The molecule has 0 aliphatic carbocycles. The average Bonchev–Trinajstić information content (AvgIpc) is 2.74. The number of benzene rings is 2. The normalized spacial score (nSPS) is 19.2. The highest BCUT2D eigenvalue weighted by Crippen LogP contribution is 2.26. The third kappa shape index (κ3) is 7.69. The van der Waals surface area contributed by atoms with Crippen LogP contribution in [0.3, 0.4) is 0 Å². The van der Waals surface area contributed by atoms with Crippen LogP contribution in [0, 0.1) is 17.2 Å². The number of alkyl carbamates (subject to hydrolysis) is 1. The number of nitriles is 1. The number of nitrogens with one attached hydrogen (secondary N) is 1. The monoisotopic (exact) mass is 433 g/mol. The number of piperidine rings is 1. The lowest BCUT2D eigenvalue weighted by molar-refractivity contribution is 0.00366. The molecular formula is C27H35N3O2. The van der Waals surface area contributed by atoms with Gasteiger partial charge in [-0.15, -0.1) is 0 Å².